The van der Waals surface area contributed by atoms with Crippen LogP contribution in [-0.4, -0.2) is 24.0 Å². The number of carbonyl (C=O) groups is 1. The quantitative estimate of drug-likeness (QED) is 0.740. The van der Waals surface area contributed by atoms with Crippen molar-refractivity contribution in [3.8, 4) is 11.8 Å². The third-order valence-electron chi connectivity index (χ3n) is 4.06. The number of carbonyl (C=O) groups excluding carboxylic acids is 1. The Hall–Kier alpha value is -2.24. The van der Waals surface area contributed by atoms with Gasteiger partial charge in [-0.2, -0.15) is 5.26 Å². The van der Waals surface area contributed by atoms with Gasteiger partial charge in [-0.3, -0.25) is 4.79 Å². The van der Waals surface area contributed by atoms with E-state index in [1.54, 1.807) is 18.2 Å². The normalized spacial score (nSPS) is 15.5. The summed E-state index contributed by atoms with van der Waals surface area (Å²) >= 11 is 3.85. The van der Waals surface area contributed by atoms with Crippen molar-refractivity contribution >= 4 is 29.4 Å². The number of halogens is 2. The van der Waals surface area contributed by atoms with Crippen molar-refractivity contribution in [1.29, 1.82) is 5.26 Å². The zero-order valence-corrected chi connectivity index (χ0v) is 16.5. The lowest BCUT2D eigenvalue weighted by molar-refractivity contribution is -0.123. The van der Waals surface area contributed by atoms with Crippen molar-refractivity contribution in [1.82, 2.24) is 5.32 Å². The van der Waals surface area contributed by atoms with Gasteiger partial charge in [0.25, 0.3) is 5.91 Å². The first kappa shape index (κ1) is 20.5. The highest BCUT2D eigenvalue weighted by Crippen LogP contribution is 2.43. The van der Waals surface area contributed by atoms with Crippen LogP contribution in [0.5, 0.6) is 5.75 Å². The molecule has 1 aliphatic rings. The van der Waals surface area contributed by atoms with Crippen LogP contribution in [-0.2, 0) is 4.79 Å². The predicted molar refractivity (Wildman–Crippen MR) is 107 cm³/mol. The molecule has 1 atom stereocenters. The highest BCUT2D eigenvalue weighted by atomic mass is 32.2. The van der Waals surface area contributed by atoms with Crippen molar-refractivity contribution < 1.29 is 18.3 Å². The Bertz CT molecular complexity index is 865. The van der Waals surface area contributed by atoms with Crippen molar-refractivity contribution in [2.45, 2.75) is 17.0 Å². The van der Waals surface area contributed by atoms with Gasteiger partial charge < -0.3 is 10.1 Å². The molecule has 1 heterocycles. The second kappa shape index (κ2) is 9.80. The Kier molecular flexibility index (Phi) is 7.18. The Balaban J connectivity index is 1.53. The number of benzene rings is 2. The van der Waals surface area contributed by atoms with E-state index in [4.69, 9.17) is 4.74 Å². The number of thioether (sulfide) groups is 2. The average Bonchev–Trinajstić information content (AvgIpc) is 2.72. The molecule has 0 radical (unpaired) electrons. The van der Waals surface area contributed by atoms with E-state index in [0.717, 1.165) is 23.6 Å². The standard InChI is InChI=1S/C20H18F2N2O2S2/c21-14-4-7-16(17(22)10-14)18(11-23)24-19(25)12-26-15-5-2-13(3-6-15)20-27-8-1-9-28-20/h2-7,10,18,20H,1,8-9,12H2,(H,24,25). The number of rotatable bonds is 6. The van der Waals surface area contributed by atoms with Gasteiger partial charge in [0.2, 0.25) is 0 Å². The van der Waals surface area contributed by atoms with Gasteiger partial charge in [-0.15, -0.1) is 23.5 Å². The summed E-state index contributed by atoms with van der Waals surface area (Å²) in [6, 6.07) is 11.0. The van der Waals surface area contributed by atoms with Crippen LogP contribution >= 0.6 is 23.5 Å². The Morgan fingerprint density at radius 3 is 2.57 bits per heavy atom. The second-order valence-electron chi connectivity index (χ2n) is 6.08. The number of hydrogen-bond donors (Lipinski definition) is 1. The van der Waals surface area contributed by atoms with Gasteiger partial charge in [-0.05, 0) is 41.7 Å². The maximum atomic E-state index is 13.8. The van der Waals surface area contributed by atoms with E-state index in [2.05, 4.69) is 5.32 Å². The maximum absolute atomic E-state index is 13.8. The Labute approximate surface area is 170 Å². The molecule has 0 aromatic heterocycles. The number of amides is 1. The van der Waals surface area contributed by atoms with Crippen LogP contribution in [0.4, 0.5) is 8.78 Å². The predicted octanol–water partition coefficient (Wildman–Crippen LogP) is 4.59. The minimum Gasteiger partial charge on any atom is -0.484 e. The first-order chi connectivity index (χ1) is 13.6. The minimum atomic E-state index is -1.22. The van der Waals surface area contributed by atoms with Crippen LogP contribution in [0.3, 0.4) is 0 Å². The fourth-order valence-corrected chi connectivity index (χ4v) is 5.56. The molecule has 146 valence electrons. The minimum absolute atomic E-state index is 0.0934. The third kappa shape index (κ3) is 5.40. The van der Waals surface area contributed by atoms with E-state index < -0.39 is 23.6 Å². The van der Waals surface area contributed by atoms with Crippen LogP contribution < -0.4 is 10.1 Å². The van der Waals surface area contributed by atoms with E-state index in [1.807, 2.05) is 35.7 Å². The molecule has 8 heteroatoms. The van der Waals surface area contributed by atoms with Gasteiger partial charge in [0.05, 0.1) is 10.7 Å². The molecule has 1 unspecified atom stereocenters. The van der Waals surface area contributed by atoms with Gasteiger partial charge in [0.15, 0.2) is 6.61 Å². The van der Waals surface area contributed by atoms with Crippen LogP contribution in [0.25, 0.3) is 0 Å². The zero-order valence-electron chi connectivity index (χ0n) is 14.9. The van der Waals surface area contributed by atoms with E-state index in [1.165, 1.54) is 12.0 Å². The third-order valence-corrected chi connectivity index (χ3v) is 7.07. The lowest BCUT2D eigenvalue weighted by Crippen LogP contribution is -2.32. The van der Waals surface area contributed by atoms with Crippen molar-refractivity contribution in [3.05, 3.63) is 65.2 Å². The molecule has 0 bridgehead atoms. The Morgan fingerprint density at radius 1 is 1.21 bits per heavy atom. The first-order valence-electron chi connectivity index (χ1n) is 8.66. The average molecular weight is 421 g/mol. The van der Waals surface area contributed by atoms with Crippen molar-refractivity contribution in [2.24, 2.45) is 0 Å². The van der Waals surface area contributed by atoms with Crippen LogP contribution in [0, 0.1) is 23.0 Å². The molecule has 3 rings (SSSR count). The molecule has 2 aromatic rings. The summed E-state index contributed by atoms with van der Waals surface area (Å²) in [5.41, 5.74) is 1.12. The van der Waals surface area contributed by atoms with Gasteiger partial charge >= 0.3 is 0 Å². The number of hydrogen-bond acceptors (Lipinski definition) is 5. The van der Waals surface area contributed by atoms with E-state index in [0.29, 0.717) is 16.4 Å². The van der Waals surface area contributed by atoms with Crippen LogP contribution in [0.15, 0.2) is 42.5 Å². The topological polar surface area (TPSA) is 62.1 Å². The monoisotopic (exact) mass is 420 g/mol. The molecule has 1 fully saturated rings. The fourth-order valence-electron chi connectivity index (χ4n) is 2.67. The molecule has 0 spiro atoms. The zero-order chi connectivity index (χ0) is 19.9. The lowest BCUT2D eigenvalue weighted by Gasteiger charge is -2.21. The molecule has 1 N–H and O–H groups in total. The van der Waals surface area contributed by atoms with E-state index in [-0.39, 0.29) is 12.2 Å². The van der Waals surface area contributed by atoms with Crippen molar-refractivity contribution in [3.63, 3.8) is 0 Å². The van der Waals surface area contributed by atoms with E-state index in [9.17, 15) is 18.8 Å². The van der Waals surface area contributed by atoms with Gasteiger partial charge in [0, 0.05) is 11.6 Å². The summed E-state index contributed by atoms with van der Waals surface area (Å²) in [5, 5.41) is 11.6. The summed E-state index contributed by atoms with van der Waals surface area (Å²) in [6.07, 6.45) is 1.23. The molecule has 1 aliphatic heterocycles. The number of nitrogens with one attached hydrogen (secondary N) is 1. The highest BCUT2D eigenvalue weighted by molar-refractivity contribution is 8.16. The summed E-state index contributed by atoms with van der Waals surface area (Å²) in [5.74, 6) is 0.641. The largest absolute Gasteiger partial charge is 0.484 e. The summed E-state index contributed by atoms with van der Waals surface area (Å²) in [6.45, 7) is -0.312. The molecule has 0 saturated carbocycles. The lowest BCUT2D eigenvalue weighted by atomic mass is 10.1. The number of ether oxygens (including phenoxy) is 1. The first-order valence-corrected chi connectivity index (χ1v) is 10.8. The summed E-state index contributed by atoms with van der Waals surface area (Å²) in [7, 11) is 0. The Morgan fingerprint density at radius 2 is 1.93 bits per heavy atom. The number of nitriles is 1. The van der Waals surface area contributed by atoms with Gasteiger partial charge in [-0.1, -0.05) is 18.2 Å². The summed E-state index contributed by atoms with van der Waals surface area (Å²) in [4.78, 5) is 12.1. The van der Waals surface area contributed by atoms with Gasteiger partial charge in [0.1, 0.15) is 23.4 Å². The summed E-state index contributed by atoms with van der Waals surface area (Å²) < 4.78 is 32.7. The maximum Gasteiger partial charge on any atom is 0.259 e. The molecular formula is C20H18F2N2O2S2. The molecule has 28 heavy (non-hydrogen) atoms. The molecule has 1 amide bonds. The number of nitrogens with zero attached hydrogens (tertiary/aromatic N) is 1. The van der Waals surface area contributed by atoms with Crippen LogP contribution in [0.2, 0.25) is 0 Å². The molecule has 2 aromatic carbocycles. The SMILES string of the molecule is N#CC(NC(=O)COc1ccc(C2SCCCS2)cc1)c1ccc(F)cc1F. The van der Waals surface area contributed by atoms with Crippen LogP contribution in [0.1, 0.15) is 28.2 Å². The molecule has 0 aliphatic carbocycles. The van der Waals surface area contributed by atoms with Crippen molar-refractivity contribution in [2.75, 3.05) is 18.1 Å². The second-order valence-corrected chi connectivity index (χ2v) is 8.80. The molecule has 4 nitrogen and oxygen atoms in total. The van der Waals surface area contributed by atoms with Gasteiger partial charge in [-0.25, -0.2) is 8.78 Å². The smallest absolute Gasteiger partial charge is 0.259 e. The highest BCUT2D eigenvalue weighted by Gasteiger charge is 2.19. The molecular weight excluding hydrogens is 402 g/mol. The van der Waals surface area contributed by atoms with E-state index >= 15 is 0 Å². The fraction of sp³-hybridized carbons (Fsp3) is 0.300. The molecule has 1 saturated heterocycles.